The highest BCUT2D eigenvalue weighted by Crippen LogP contribution is 2.22. The van der Waals surface area contributed by atoms with Gasteiger partial charge in [0.15, 0.2) is 5.13 Å². The van der Waals surface area contributed by atoms with Crippen LogP contribution in [-0.2, 0) is 24.7 Å². The highest BCUT2D eigenvalue weighted by atomic mass is 35.5. The molecular formula is C18H19ClN4OS. The number of halogens is 1. The molecule has 0 radical (unpaired) electrons. The van der Waals surface area contributed by atoms with E-state index in [-0.39, 0.29) is 5.91 Å². The zero-order valence-electron chi connectivity index (χ0n) is 14.3. The third kappa shape index (κ3) is 4.27. The molecule has 130 valence electrons. The van der Waals surface area contributed by atoms with Crippen molar-refractivity contribution in [1.82, 2.24) is 14.8 Å². The molecule has 1 amide bonds. The molecule has 2 aromatic heterocycles. The van der Waals surface area contributed by atoms with E-state index in [9.17, 15) is 4.79 Å². The van der Waals surface area contributed by atoms with Gasteiger partial charge >= 0.3 is 0 Å². The van der Waals surface area contributed by atoms with E-state index in [2.05, 4.69) is 15.4 Å². The van der Waals surface area contributed by atoms with E-state index < -0.39 is 0 Å². The summed E-state index contributed by atoms with van der Waals surface area (Å²) in [5, 5.41) is 8.56. The third-order valence-corrected chi connectivity index (χ3v) is 5.25. The standard InChI is InChI=1S/C18H19ClN4OS/c1-11-16(12(2)23(3)22-11)9-17(24)21-18-20-10-15(25-18)8-13-4-6-14(19)7-5-13/h4-7,10H,8-9H2,1-3H3,(H,20,21,24). The van der Waals surface area contributed by atoms with Gasteiger partial charge in [0, 0.05) is 40.8 Å². The average molecular weight is 375 g/mol. The van der Waals surface area contributed by atoms with Gasteiger partial charge in [-0.3, -0.25) is 9.48 Å². The summed E-state index contributed by atoms with van der Waals surface area (Å²) >= 11 is 7.39. The Morgan fingerprint density at radius 2 is 2.00 bits per heavy atom. The first-order valence-corrected chi connectivity index (χ1v) is 9.10. The zero-order chi connectivity index (χ0) is 18.0. The van der Waals surface area contributed by atoms with Crippen molar-refractivity contribution in [1.29, 1.82) is 0 Å². The summed E-state index contributed by atoms with van der Waals surface area (Å²) in [6, 6.07) is 7.74. The van der Waals surface area contributed by atoms with Crippen LogP contribution < -0.4 is 5.32 Å². The summed E-state index contributed by atoms with van der Waals surface area (Å²) in [6.07, 6.45) is 2.87. The quantitative estimate of drug-likeness (QED) is 0.736. The smallest absolute Gasteiger partial charge is 0.230 e. The van der Waals surface area contributed by atoms with E-state index in [1.807, 2.05) is 45.2 Å². The molecule has 25 heavy (non-hydrogen) atoms. The minimum Gasteiger partial charge on any atom is -0.302 e. The van der Waals surface area contributed by atoms with Crippen molar-refractivity contribution >= 4 is 34.0 Å². The fourth-order valence-corrected chi connectivity index (χ4v) is 3.64. The lowest BCUT2D eigenvalue weighted by molar-refractivity contribution is -0.115. The molecule has 0 saturated carbocycles. The fraction of sp³-hybridized carbons (Fsp3) is 0.278. The van der Waals surface area contributed by atoms with Gasteiger partial charge in [-0.25, -0.2) is 4.98 Å². The predicted octanol–water partition coefficient (Wildman–Crippen LogP) is 3.92. The van der Waals surface area contributed by atoms with E-state index in [0.29, 0.717) is 11.6 Å². The van der Waals surface area contributed by atoms with Crippen LogP contribution in [0.4, 0.5) is 5.13 Å². The molecule has 7 heteroatoms. The molecule has 2 heterocycles. The minimum atomic E-state index is -0.0772. The number of aryl methyl sites for hydroxylation is 2. The van der Waals surface area contributed by atoms with Gasteiger partial charge in [-0.05, 0) is 31.5 Å². The second kappa shape index (κ2) is 7.37. The van der Waals surface area contributed by atoms with Crippen LogP contribution in [0.3, 0.4) is 0 Å². The van der Waals surface area contributed by atoms with Crippen LogP contribution in [0.25, 0.3) is 0 Å². The van der Waals surface area contributed by atoms with Crippen LogP contribution in [-0.4, -0.2) is 20.7 Å². The Hall–Kier alpha value is -2.18. The second-order valence-electron chi connectivity index (χ2n) is 5.93. The van der Waals surface area contributed by atoms with E-state index in [0.717, 1.165) is 38.8 Å². The number of thiazole rings is 1. The van der Waals surface area contributed by atoms with Crippen molar-refractivity contribution in [2.75, 3.05) is 5.32 Å². The molecule has 0 fully saturated rings. The number of aromatic nitrogens is 3. The van der Waals surface area contributed by atoms with Crippen LogP contribution in [0.5, 0.6) is 0 Å². The Labute approximate surface area is 155 Å². The van der Waals surface area contributed by atoms with E-state index in [4.69, 9.17) is 11.6 Å². The predicted molar refractivity (Wildman–Crippen MR) is 101 cm³/mol. The number of nitrogens with zero attached hydrogens (tertiary/aromatic N) is 3. The number of carbonyl (C=O) groups is 1. The van der Waals surface area contributed by atoms with E-state index in [1.165, 1.54) is 11.3 Å². The summed E-state index contributed by atoms with van der Waals surface area (Å²) in [4.78, 5) is 17.7. The van der Waals surface area contributed by atoms with E-state index in [1.54, 1.807) is 10.9 Å². The summed E-state index contributed by atoms with van der Waals surface area (Å²) in [6.45, 7) is 3.89. The molecule has 1 N–H and O–H groups in total. The molecule has 5 nitrogen and oxygen atoms in total. The summed E-state index contributed by atoms with van der Waals surface area (Å²) in [7, 11) is 1.88. The number of hydrogen-bond acceptors (Lipinski definition) is 4. The van der Waals surface area contributed by atoms with Crippen LogP contribution in [0.2, 0.25) is 5.02 Å². The van der Waals surface area contributed by atoms with Gasteiger partial charge in [-0.2, -0.15) is 5.10 Å². The van der Waals surface area contributed by atoms with Crippen molar-refractivity contribution in [3.8, 4) is 0 Å². The Morgan fingerprint density at radius 3 is 2.64 bits per heavy atom. The SMILES string of the molecule is Cc1nn(C)c(C)c1CC(=O)Nc1ncc(Cc2ccc(Cl)cc2)s1. The van der Waals surface area contributed by atoms with Gasteiger partial charge in [0.1, 0.15) is 0 Å². The van der Waals surface area contributed by atoms with E-state index >= 15 is 0 Å². The van der Waals surface area contributed by atoms with Gasteiger partial charge in [0.2, 0.25) is 5.91 Å². The number of hydrogen-bond donors (Lipinski definition) is 1. The maximum atomic E-state index is 12.3. The Morgan fingerprint density at radius 1 is 1.28 bits per heavy atom. The van der Waals surface area contributed by atoms with Crippen molar-refractivity contribution in [2.45, 2.75) is 26.7 Å². The summed E-state index contributed by atoms with van der Waals surface area (Å²) in [5.41, 5.74) is 4.03. The Kier molecular flexibility index (Phi) is 5.20. The first-order chi connectivity index (χ1) is 11.9. The van der Waals surface area contributed by atoms with Crippen molar-refractivity contribution < 1.29 is 4.79 Å². The fourth-order valence-electron chi connectivity index (χ4n) is 2.65. The Balaban J connectivity index is 1.62. The molecule has 0 saturated heterocycles. The molecule has 3 rings (SSSR count). The monoisotopic (exact) mass is 374 g/mol. The lowest BCUT2D eigenvalue weighted by Crippen LogP contribution is -2.15. The number of rotatable bonds is 5. The lowest BCUT2D eigenvalue weighted by Gasteiger charge is -2.03. The highest BCUT2D eigenvalue weighted by Gasteiger charge is 2.14. The average Bonchev–Trinajstić information content (AvgIpc) is 3.09. The summed E-state index contributed by atoms with van der Waals surface area (Å²) < 4.78 is 1.80. The molecule has 3 aromatic rings. The van der Waals surface area contributed by atoms with Gasteiger partial charge in [0.25, 0.3) is 0 Å². The molecule has 1 aromatic carbocycles. The number of benzene rings is 1. The molecular weight excluding hydrogens is 356 g/mol. The van der Waals surface area contributed by atoms with Crippen LogP contribution in [0.1, 0.15) is 27.4 Å². The highest BCUT2D eigenvalue weighted by molar-refractivity contribution is 7.15. The van der Waals surface area contributed by atoms with Gasteiger partial charge in [0.05, 0.1) is 12.1 Å². The first kappa shape index (κ1) is 17.6. The number of nitrogens with one attached hydrogen (secondary N) is 1. The molecule has 0 atom stereocenters. The zero-order valence-corrected chi connectivity index (χ0v) is 15.9. The molecule has 0 unspecified atom stereocenters. The molecule has 0 aliphatic heterocycles. The van der Waals surface area contributed by atoms with Crippen LogP contribution in [0, 0.1) is 13.8 Å². The molecule has 0 aliphatic carbocycles. The molecule has 0 aliphatic rings. The Bertz CT molecular complexity index is 898. The summed E-state index contributed by atoms with van der Waals surface area (Å²) in [5.74, 6) is -0.0772. The maximum Gasteiger partial charge on any atom is 0.230 e. The number of anilines is 1. The van der Waals surface area contributed by atoms with Crippen molar-refractivity contribution in [2.24, 2.45) is 7.05 Å². The first-order valence-electron chi connectivity index (χ1n) is 7.90. The molecule has 0 bridgehead atoms. The van der Waals surface area contributed by atoms with Crippen LogP contribution in [0.15, 0.2) is 30.5 Å². The maximum absolute atomic E-state index is 12.3. The normalized spacial score (nSPS) is 10.9. The molecule has 0 spiro atoms. The topological polar surface area (TPSA) is 59.8 Å². The second-order valence-corrected chi connectivity index (χ2v) is 7.48. The van der Waals surface area contributed by atoms with Crippen LogP contribution >= 0.6 is 22.9 Å². The largest absolute Gasteiger partial charge is 0.302 e. The minimum absolute atomic E-state index is 0.0772. The van der Waals surface area contributed by atoms with Gasteiger partial charge < -0.3 is 5.32 Å². The van der Waals surface area contributed by atoms with Gasteiger partial charge in [-0.1, -0.05) is 23.7 Å². The van der Waals surface area contributed by atoms with Gasteiger partial charge in [-0.15, -0.1) is 11.3 Å². The van der Waals surface area contributed by atoms with Crippen molar-refractivity contribution in [3.05, 3.63) is 62.9 Å². The third-order valence-electron chi connectivity index (χ3n) is 4.09. The lowest BCUT2D eigenvalue weighted by atomic mass is 10.1. The number of carbonyl (C=O) groups excluding carboxylic acids is 1. The van der Waals surface area contributed by atoms with Crippen molar-refractivity contribution in [3.63, 3.8) is 0 Å². The number of amides is 1.